The Labute approximate surface area is 183 Å². The van der Waals surface area contributed by atoms with E-state index in [1.165, 1.54) is 11.8 Å². The second-order valence-corrected chi connectivity index (χ2v) is 8.22. The van der Waals surface area contributed by atoms with Crippen LogP contribution in [0.5, 0.6) is 0 Å². The van der Waals surface area contributed by atoms with Crippen LogP contribution in [0.4, 0.5) is 5.95 Å². The molecule has 3 heterocycles. The van der Waals surface area contributed by atoms with Crippen LogP contribution in [0.2, 0.25) is 0 Å². The van der Waals surface area contributed by atoms with E-state index in [0.29, 0.717) is 37.9 Å². The number of rotatable bonds is 5. The molecule has 2 aromatic carbocycles. The fourth-order valence-corrected chi connectivity index (χ4v) is 4.41. The Kier molecular flexibility index (Phi) is 5.49. The van der Waals surface area contributed by atoms with Crippen LogP contribution in [-0.2, 0) is 4.79 Å². The molecule has 8 nitrogen and oxygen atoms in total. The van der Waals surface area contributed by atoms with Gasteiger partial charge in [-0.15, -0.1) is 0 Å². The lowest BCUT2D eigenvalue weighted by Gasteiger charge is -2.34. The van der Waals surface area contributed by atoms with E-state index >= 15 is 0 Å². The maximum Gasteiger partial charge on any atom is 0.250 e. The molecule has 31 heavy (non-hydrogen) atoms. The first-order chi connectivity index (χ1) is 15.3. The Hall–Kier alpha value is -3.46. The highest BCUT2D eigenvalue weighted by Gasteiger charge is 2.25. The Balaban J connectivity index is 1.18. The number of nitrogens with zero attached hydrogens (tertiary/aromatic N) is 7. The van der Waals surface area contributed by atoms with Crippen LogP contribution < -0.4 is 4.90 Å². The number of piperazine rings is 1. The van der Waals surface area contributed by atoms with Gasteiger partial charge in [0, 0.05) is 31.6 Å². The van der Waals surface area contributed by atoms with E-state index in [0.717, 1.165) is 21.6 Å². The number of para-hydroxylation sites is 2. The number of thioether (sulfide) groups is 1. The minimum absolute atomic E-state index is 0.127. The molecule has 9 heteroatoms. The first-order valence-corrected chi connectivity index (χ1v) is 11.1. The smallest absolute Gasteiger partial charge is 0.250 e. The van der Waals surface area contributed by atoms with Crippen molar-refractivity contribution in [3.8, 4) is 5.69 Å². The molecule has 1 aliphatic heterocycles. The third-order valence-corrected chi connectivity index (χ3v) is 6.20. The van der Waals surface area contributed by atoms with Crippen molar-refractivity contribution in [2.45, 2.75) is 5.03 Å². The third kappa shape index (κ3) is 4.22. The van der Waals surface area contributed by atoms with E-state index in [2.05, 4.69) is 25.4 Å². The topological polar surface area (TPSA) is 80.0 Å². The van der Waals surface area contributed by atoms with E-state index < -0.39 is 0 Å². The van der Waals surface area contributed by atoms with Gasteiger partial charge in [-0.1, -0.05) is 59.3 Å². The highest BCUT2D eigenvalue weighted by Crippen LogP contribution is 2.21. The zero-order chi connectivity index (χ0) is 21.0. The van der Waals surface area contributed by atoms with Crippen molar-refractivity contribution in [3.63, 3.8) is 0 Å². The number of pyridine rings is 1. The largest absolute Gasteiger partial charge is 0.338 e. The van der Waals surface area contributed by atoms with Crippen molar-refractivity contribution in [3.05, 3.63) is 66.7 Å². The number of benzene rings is 2. The Morgan fingerprint density at radius 2 is 1.68 bits per heavy atom. The molecule has 0 N–H and O–H groups in total. The fraction of sp³-hybridized carbons (Fsp3) is 0.227. The maximum atomic E-state index is 12.7. The molecule has 1 fully saturated rings. The lowest BCUT2D eigenvalue weighted by Crippen LogP contribution is -2.50. The molecule has 2 aromatic heterocycles. The SMILES string of the molecule is O=C(CSc1ccc2ccccc2n1)N1CCN(c2nnnn2-c2ccccc2)CC1. The zero-order valence-electron chi connectivity index (χ0n) is 16.8. The quantitative estimate of drug-likeness (QED) is 0.450. The summed E-state index contributed by atoms with van der Waals surface area (Å²) in [6, 6.07) is 21.8. The monoisotopic (exact) mass is 431 g/mol. The Morgan fingerprint density at radius 3 is 2.52 bits per heavy atom. The summed E-state index contributed by atoms with van der Waals surface area (Å²) in [6.07, 6.45) is 0. The van der Waals surface area contributed by atoms with Crippen LogP contribution >= 0.6 is 11.8 Å². The van der Waals surface area contributed by atoms with Gasteiger partial charge in [0.25, 0.3) is 0 Å². The molecular formula is C22H21N7OS. The van der Waals surface area contributed by atoms with Gasteiger partial charge in [0.15, 0.2) is 0 Å². The molecule has 5 rings (SSSR count). The summed E-state index contributed by atoms with van der Waals surface area (Å²) in [6.45, 7) is 2.67. The zero-order valence-corrected chi connectivity index (χ0v) is 17.6. The molecule has 1 aliphatic rings. The second kappa shape index (κ2) is 8.73. The van der Waals surface area contributed by atoms with E-state index in [-0.39, 0.29) is 5.91 Å². The van der Waals surface area contributed by atoms with Gasteiger partial charge in [0.1, 0.15) is 0 Å². The fourth-order valence-electron chi connectivity index (χ4n) is 3.63. The van der Waals surface area contributed by atoms with Crippen LogP contribution in [0.3, 0.4) is 0 Å². The summed E-state index contributed by atoms with van der Waals surface area (Å²) in [4.78, 5) is 21.4. The number of carbonyl (C=O) groups is 1. The summed E-state index contributed by atoms with van der Waals surface area (Å²) in [7, 11) is 0. The van der Waals surface area contributed by atoms with Crippen molar-refractivity contribution in [2.24, 2.45) is 0 Å². The minimum atomic E-state index is 0.127. The minimum Gasteiger partial charge on any atom is -0.338 e. The molecule has 0 radical (unpaired) electrons. The van der Waals surface area contributed by atoms with Gasteiger partial charge in [-0.25, -0.2) is 4.98 Å². The molecule has 0 saturated carbocycles. The number of tetrazole rings is 1. The lowest BCUT2D eigenvalue weighted by atomic mass is 10.2. The predicted octanol–water partition coefficient (Wildman–Crippen LogP) is 2.65. The predicted molar refractivity (Wildman–Crippen MR) is 120 cm³/mol. The number of anilines is 1. The Bertz CT molecular complexity index is 1190. The molecule has 0 atom stereocenters. The van der Waals surface area contributed by atoms with Gasteiger partial charge >= 0.3 is 0 Å². The molecule has 0 spiro atoms. The summed E-state index contributed by atoms with van der Waals surface area (Å²) in [5.41, 5.74) is 1.87. The van der Waals surface area contributed by atoms with Crippen LogP contribution in [-0.4, -0.2) is 67.9 Å². The average Bonchev–Trinajstić information content (AvgIpc) is 3.33. The summed E-state index contributed by atoms with van der Waals surface area (Å²) in [5.74, 6) is 1.21. The number of fused-ring (bicyclic) bond motifs is 1. The normalized spacial score (nSPS) is 14.2. The van der Waals surface area contributed by atoms with Crippen LogP contribution in [0.15, 0.2) is 71.8 Å². The van der Waals surface area contributed by atoms with Crippen LogP contribution in [0.25, 0.3) is 16.6 Å². The molecule has 0 aliphatic carbocycles. The van der Waals surface area contributed by atoms with E-state index in [9.17, 15) is 4.79 Å². The second-order valence-electron chi connectivity index (χ2n) is 7.22. The van der Waals surface area contributed by atoms with E-state index in [1.54, 1.807) is 4.68 Å². The van der Waals surface area contributed by atoms with E-state index in [4.69, 9.17) is 0 Å². The summed E-state index contributed by atoms with van der Waals surface area (Å²) >= 11 is 1.48. The highest BCUT2D eigenvalue weighted by molar-refractivity contribution is 7.99. The average molecular weight is 432 g/mol. The van der Waals surface area contributed by atoms with Gasteiger partial charge in [0.05, 0.1) is 22.0 Å². The van der Waals surface area contributed by atoms with Gasteiger partial charge in [0.2, 0.25) is 11.9 Å². The van der Waals surface area contributed by atoms with Crippen molar-refractivity contribution < 1.29 is 4.79 Å². The standard InChI is InChI=1S/C22H21N7OS/c30-21(16-31-20-11-10-17-6-4-5-9-19(17)23-20)27-12-14-28(15-13-27)22-24-25-26-29(22)18-7-2-1-3-8-18/h1-11H,12-16H2. The molecular weight excluding hydrogens is 410 g/mol. The summed E-state index contributed by atoms with van der Waals surface area (Å²) < 4.78 is 1.73. The third-order valence-electron chi connectivity index (χ3n) is 5.29. The van der Waals surface area contributed by atoms with Crippen LogP contribution in [0, 0.1) is 0 Å². The van der Waals surface area contributed by atoms with Crippen molar-refractivity contribution in [1.29, 1.82) is 0 Å². The number of amides is 1. The molecule has 0 bridgehead atoms. The number of aromatic nitrogens is 5. The first-order valence-electron chi connectivity index (χ1n) is 10.1. The molecule has 1 saturated heterocycles. The lowest BCUT2D eigenvalue weighted by molar-refractivity contribution is -0.128. The maximum absolute atomic E-state index is 12.7. The molecule has 1 amide bonds. The number of carbonyl (C=O) groups excluding carboxylic acids is 1. The highest BCUT2D eigenvalue weighted by atomic mass is 32.2. The van der Waals surface area contributed by atoms with Gasteiger partial charge in [-0.2, -0.15) is 4.68 Å². The van der Waals surface area contributed by atoms with Gasteiger partial charge in [-0.3, -0.25) is 4.79 Å². The van der Waals surface area contributed by atoms with E-state index in [1.807, 2.05) is 71.6 Å². The number of hydrogen-bond donors (Lipinski definition) is 0. The molecule has 4 aromatic rings. The summed E-state index contributed by atoms with van der Waals surface area (Å²) in [5, 5.41) is 14.1. The molecule has 0 unspecified atom stereocenters. The van der Waals surface area contributed by atoms with Crippen molar-refractivity contribution in [2.75, 3.05) is 36.8 Å². The van der Waals surface area contributed by atoms with Crippen molar-refractivity contribution >= 4 is 34.5 Å². The Morgan fingerprint density at radius 1 is 0.903 bits per heavy atom. The van der Waals surface area contributed by atoms with Gasteiger partial charge < -0.3 is 9.80 Å². The van der Waals surface area contributed by atoms with Crippen LogP contribution in [0.1, 0.15) is 0 Å². The first kappa shape index (κ1) is 19.5. The van der Waals surface area contributed by atoms with Gasteiger partial charge in [-0.05, 0) is 34.7 Å². The number of hydrogen-bond acceptors (Lipinski definition) is 7. The van der Waals surface area contributed by atoms with Crippen molar-refractivity contribution in [1.82, 2.24) is 30.1 Å². The molecule has 156 valence electrons.